The molecular weight excluding hydrogens is 256 g/mol. The number of hydrogen-bond acceptors (Lipinski definition) is 6. The lowest BCUT2D eigenvalue weighted by molar-refractivity contribution is 0.144. The molecule has 0 spiro atoms. The van der Waals surface area contributed by atoms with Crippen LogP contribution in [0.3, 0.4) is 0 Å². The average molecular weight is 277 g/mol. The molecule has 2 rings (SSSR count). The molecule has 1 N–H and O–H groups in total. The first kappa shape index (κ1) is 15.4. The standard InChI is InChI=1S/C11H20N4O2.ClH/c1-3-16-7-4-10-13-11(14-17-10)9-8-12-5-6-15(9)2;/h9,12H,3-8H2,1-2H3;1H. The van der Waals surface area contributed by atoms with Gasteiger partial charge in [-0.05, 0) is 14.0 Å². The lowest BCUT2D eigenvalue weighted by Crippen LogP contribution is -2.44. The summed E-state index contributed by atoms with van der Waals surface area (Å²) in [5.74, 6) is 1.43. The molecule has 7 heteroatoms. The molecule has 1 aromatic rings. The third-order valence-electron chi connectivity index (χ3n) is 2.96. The highest BCUT2D eigenvalue weighted by molar-refractivity contribution is 5.85. The second-order valence-corrected chi connectivity index (χ2v) is 4.19. The molecule has 1 atom stereocenters. The van der Waals surface area contributed by atoms with Crippen LogP contribution in [0, 0.1) is 0 Å². The number of halogens is 1. The smallest absolute Gasteiger partial charge is 0.229 e. The van der Waals surface area contributed by atoms with Crippen LogP contribution in [-0.4, -0.2) is 54.9 Å². The van der Waals surface area contributed by atoms with E-state index >= 15 is 0 Å². The van der Waals surface area contributed by atoms with Gasteiger partial charge in [0.15, 0.2) is 5.82 Å². The second kappa shape index (κ2) is 7.68. The molecule has 0 aliphatic carbocycles. The van der Waals surface area contributed by atoms with E-state index in [0.29, 0.717) is 18.9 Å². The van der Waals surface area contributed by atoms with E-state index in [9.17, 15) is 0 Å². The Hall–Kier alpha value is -0.690. The molecule has 1 aliphatic heterocycles. The summed E-state index contributed by atoms with van der Waals surface area (Å²) >= 11 is 0. The highest BCUT2D eigenvalue weighted by Gasteiger charge is 2.24. The number of likely N-dealkylation sites (N-methyl/N-ethyl adjacent to an activating group) is 1. The minimum atomic E-state index is 0. The maximum atomic E-state index is 5.26. The van der Waals surface area contributed by atoms with Crippen molar-refractivity contribution in [2.24, 2.45) is 0 Å². The quantitative estimate of drug-likeness (QED) is 0.797. The summed E-state index contributed by atoms with van der Waals surface area (Å²) in [5.41, 5.74) is 0. The largest absolute Gasteiger partial charge is 0.381 e. The van der Waals surface area contributed by atoms with E-state index in [0.717, 1.165) is 32.1 Å². The second-order valence-electron chi connectivity index (χ2n) is 4.19. The Morgan fingerprint density at radius 2 is 2.39 bits per heavy atom. The van der Waals surface area contributed by atoms with Crippen LogP contribution in [0.5, 0.6) is 0 Å². The lowest BCUT2D eigenvalue weighted by atomic mass is 10.2. The van der Waals surface area contributed by atoms with Gasteiger partial charge < -0.3 is 14.6 Å². The van der Waals surface area contributed by atoms with Crippen LogP contribution in [0.15, 0.2) is 4.52 Å². The molecule has 104 valence electrons. The molecule has 18 heavy (non-hydrogen) atoms. The Labute approximate surface area is 113 Å². The van der Waals surface area contributed by atoms with E-state index < -0.39 is 0 Å². The van der Waals surface area contributed by atoms with Crippen LogP contribution in [0.1, 0.15) is 24.7 Å². The molecule has 0 bridgehead atoms. The Morgan fingerprint density at radius 1 is 1.56 bits per heavy atom. The Morgan fingerprint density at radius 3 is 3.11 bits per heavy atom. The van der Waals surface area contributed by atoms with E-state index in [1.165, 1.54) is 0 Å². The molecule has 0 radical (unpaired) electrons. The summed E-state index contributed by atoms with van der Waals surface area (Å²) < 4.78 is 10.5. The average Bonchev–Trinajstić information content (AvgIpc) is 2.79. The summed E-state index contributed by atoms with van der Waals surface area (Å²) in [7, 11) is 2.09. The number of ether oxygens (including phenoxy) is 1. The van der Waals surface area contributed by atoms with Gasteiger partial charge in [-0.15, -0.1) is 12.4 Å². The molecule has 1 aliphatic rings. The number of aromatic nitrogens is 2. The zero-order valence-electron chi connectivity index (χ0n) is 10.9. The van der Waals surface area contributed by atoms with Crippen LogP contribution in [-0.2, 0) is 11.2 Å². The van der Waals surface area contributed by atoms with Gasteiger partial charge in [-0.3, -0.25) is 4.90 Å². The Kier molecular flexibility index (Phi) is 6.56. The fourth-order valence-electron chi connectivity index (χ4n) is 1.90. The molecule has 0 aromatic carbocycles. The lowest BCUT2D eigenvalue weighted by Gasteiger charge is -2.30. The molecule has 1 fully saturated rings. The summed E-state index contributed by atoms with van der Waals surface area (Å²) in [5, 5.41) is 7.38. The third kappa shape index (κ3) is 3.91. The number of nitrogens with one attached hydrogen (secondary N) is 1. The van der Waals surface area contributed by atoms with Gasteiger partial charge in [0.25, 0.3) is 0 Å². The van der Waals surface area contributed by atoms with Crippen molar-refractivity contribution in [1.82, 2.24) is 20.4 Å². The zero-order valence-corrected chi connectivity index (χ0v) is 11.7. The van der Waals surface area contributed by atoms with E-state index in [1.54, 1.807) is 0 Å². The third-order valence-corrected chi connectivity index (χ3v) is 2.96. The van der Waals surface area contributed by atoms with Gasteiger partial charge in [-0.2, -0.15) is 4.98 Å². The summed E-state index contributed by atoms with van der Waals surface area (Å²) in [4.78, 5) is 6.66. The molecule has 0 amide bonds. The Bertz CT molecular complexity index is 348. The van der Waals surface area contributed by atoms with Crippen LogP contribution in [0.2, 0.25) is 0 Å². The predicted molar refractivity (Wildman–Crippen MR) is 70.0 cm³/mol. The van der Waals surface area contributed by atoms with Crippen molar-refractivity contribution in [3.63, 3.8) is 0 Å². The van der Waals surface area contributed by atoms with Gasteiger partial charge in [0, 0.05) is 26.2 Å². The first-order chi connectivity index (χ1) is 8.31. The number of hydrogen-bond donors (Lipinski definition) is 1. The highest BCUT2D eigenvalue weighted by atomic mass is 35.5. The van der Waals surface area contributed by atoms with Crippen LogP contribution in [0.4, 0.5) is 0 Å². The molecule has 2 heterocycles. The first-order valence-electron chi connectivity index (χ1n) is 6.12. The summed E-state index contributed by atoms with van der Waals surface area (Å²) in [6.45, 7) is 6.23. The zero-order chi connectivity index (χ0) is 12.1. The predicted octanol–water partition coefficient (Wildman–Crippen LogP) is 0.646. The minimum absolute atomic E-state index is 0. The SMILES string of the molecule is CCOCCc1nc(C2CNCCN2C)no1.Cl. The van der Waals surface area contributed by atoms with E-state index in [-0.39, 0.29) is 18.4 Å². The van der Waals surface area contributed by atoms with Crippen molar-refractivity contribution in [3.8, 4) is 0 Å². The van der Waals surface area contributed by atoms with E-state index in [2.05, 4.69) is 27.4 Å². The van der Waals surface area contributed by atoms with Gasteiger partial charge >= 0.3 is 0 Å². The molecule has 1 unspecified atom stereocenters. The van der Waals surface area contributed by atoms with Crippen molar-refractivity contribution >= 4 is 12.4 Å². The highest BCUT2D eigenvalue weighted by Crippen LogP contribution is 2.17. The number of rotatable bonds is 5. The fraction of sp³-hybridized carbons (Fsp3) is 0.818. The topological polar surface area (TPSA) is 63.4 Å². The van der Waals surface area contributed by atoms with Gasteiger partial charge in [0.05, 0.1) is 19.1 Å². The van der Waals surface area contributed by atoms with Crippen molar-refractivity contribution in [2.45, 2.75) is 19.4 Å². The van der Waals surface area contributed by atoms with Gasteiger partial charge in [0.1, 0.15) is 0 Å². The van der Waals surface area contributed by atoms with E-state index in [1.807, 2.05) is 6.92 Å². The van der Waals surface area contributed by atoms with Crippen molar-refractivity contribution in [1.29, 1.82) is 0 Å². The minimum Gasteiger partial charge on any atom is -0.381 e. The van der Waals surface area contributed by atoms with E-state index in [4.69, 9.17) is 9.26 Å². The normalized spacial score (nSPS) is 20.7. The first-order valence-corrected chi connectivity index (χ1v) is 6.12. The molecule has 6 nitrogen and oxygen atoms in total. The van der Waals surface area contributed by atoms with Crippen molar-refractivity contribution in [2.75, 3.05) is 39.9 Å². The fourth-order valence-corrected chi connectivity index (χ4v) is 1.90. The van der Waals surface area contributed by atoms with Gasteiger partial charge in [0.2, 0.25) is 5.89 Å². The van der Waals surface area contributed by atoms with Crippen LogP contribution >= 0.6 is 12.4 Å². The summed E-state index contributed by atoms with van der Waals surface area (Å²) in [6.07, 6.45) is 0.685. The molecule has 1 saturated heterocycles. The number of piperazine rings is 1. The van der Waals surface area contributed by atoms with Gasteiger partial charge in [-0.1, -0.05) is 5.16 Å². The molecule has 0 saturated carbocycles. The van der Waals surface area contributed by atoms with Crippen LogP contribution in [0.25, 0.3) is 0 Å². The maximum Gasteiger partial charge on any atom is 0.229 e. The number of nitrogens with zero attached hydrogens (tertiary/aromatic N) is 3. The molecule has 1 aromatic heterocycles. The monoisotopic (exact) mass is 276 g/mol. The molecular formula is C11H21ClN4O2. The van der Waals surface area contributed by atoms with Gasteiger partial charge in [-0.25, -0.2) is 0 Å². The Balaban J connectivity index is 0.00000162. The summed E-state index contributed by atoms with van der Waals surface area (Å²) in [6, 6.07) is 0.216. The maximum absolute atomic E-state index is 5.26. The van der Waals surface area contributed by atoms with Crippen molar-refractivity contribution in [3.05, 3.63) is 11.7 Å². The van der Waals surface area contributed by atoms with Crippen molar-refractivity contribution < 1.29 is 9.26 Å². The van der Waals surface area contributed by atoms with Crippen LogP contribution < -0.4 is 5.32 Å².